The van der Waals surface area contributed by atoms with Crippen molar-refractivity contribution in [3.63, 3.8) is 0 Å². The second-order valence-electron chi connectivity index (χ2n) is 7.59. The van der Waals surface area contributed by atoms with Crippen molar-refractivity contribution in [1.82, 2.24) is 4.98 Å². The lowest BCUT2D eigenvalue weighted by molar-refractivity contribution is -0.622. The molecule has 0 spiro atoms. The Bertz CT molecular complexity index is 1250. The molecule has 0 saturated heterocycles. The fraction of sp³-hybridized carbons (Fsp3) is 0.300. The summed E-state index contributed by atoms with van der Waals surface area (Å²) in [6, 6.07) is 9.02. The molecule has 0 saturated carbocycles. The van der Waals surface area contributed by atoms with E-state index in [9.17, 15) is 18.0 Å². The van der Waals surface area contributed by atoms with E-state index in [1.807, 2.05) is 0 Å². The predicted molar refractivity (Wildman–Crippen MR) is 107 cm³/mol. The molecule has 0 bridgehead atoms. The molecule has 29 heavy (non-hydrogen) atoms. The molecule has 4 rings (SSSR count). The van der Waals surface area contributed by atoms with Gasteiger partial charge in [-0.1, -0.05) is 12.1 Å². The quantitative estimate of drug-likeness (QED) is 0.472. The molecule has 0 amide bonds. The minimum atomic E-state index is -4.06. The fourth-order valence-corrected chi connectivity index (χ4v) is 5.74. The SMILES string of the molecule is COC1(C)c2c(ccc[n+]2[O-])N(c2cnc3c(F)cccc3c2)S(=O)(=O)C1(C)C. The first-order chi connectivity index (χ1) is 13.6. The third-order valence-corrected chi connectivity index (χ3v) is 8.50. The highest BCUT2D eigenvalue weighted by Gasteiger charge is 2.64. The van der Waals surface area contributed by atoms with Crippen LogP contribution in [0.4, 0.5) is 15.8 Å². The van der Waals surface area contributed by atoms with E-state index < -0.39 is 26.2 Å². The molecule has 1 atom stereocenters. The number of ether oxygens (including phenoxy) is 1. The van der Waals surface area contributed by atoms with Crippen LogP contribution in [0.1, 0.15) is 26.5 Å². The third kappa shape index (κ3) is 2.40. The van der Waals surface area contributed by atoms with Crippen molar-refractivity contribution < 1.29 is 22.3 Å². The summed E-state index contributed by atoms with van der Waals surface area (Å²) in [6.45, 7) is 4.62. The highest BCUT2D eigenvalue weighted by molar-refractivity contribution is 7.94. The summed E-state index contributed by atoms with van der Waals surface area (Å²) in [5.41, 5.74) is -0.720. The summed E-state index contributed by atoms with van der Waals surface area (Å²) >= 11 is 0. The Balaban J connectivity index is 2.08. The lowest BCUT2D eigenvalue weighted by Crippen LogP contribution is -2.64. The van der Waals surface area contributed by atoms with Crippen LogP contribution in [0.15, 0.2) is 48.8 Å². The predicted octanol–water partition coefficient (Wildman–Crippen LogP) is 3.13. The molecule has 0 radical (unpaired) electrons. The number of anilines is 2. The number of benzene rings is 1. The van der Waals surface area contributed by atoms with Crippen molar-refractivity contribution in [3.05, 3.63) is 65.5 Å². The monoisotopic (exact) mass is 417 g/mol. The fourth-order valence-electron chi connectivity index (χ4n) is 3.83. The van der Waals surface area contributed by atoms with E-state index in [1.54, 1.807) is 25.1 Å². The maximum atomic E-state index is 14.0. The zero-order chi connectivity index (χ0) is 21.2. The van der Waals surface area contributed by atoms with Gasteiger partial charge < -0.3 is 9.94 Å². The highest BCUT2D eigenvalue weighted by atomic mass is 32.2. The summed E-state index contributed by atoms with van der Waals surface area (Å²) < 4.78 is 47.3. The zero-order valence-electron chi connectivity index (χ0n) is 16.4. The van der Waals surface area contributed by atoms with Crippen LogP contribution >= 0.6 is 0 Å². The average molecular weight is 417 g/mol. The van der Waals surface area contributed by atoms with Crippen LogP contribution in [0.5, 0.6) is 0 Å². The van der Waals surface area contributed by atoms with E-state index in [4.69, 9.17) is 4.74 Å². The minimum Gasteiger partial charge on any atom is -0.618 e. The Labute approximate surface area is 168 Å². The van der Waals surface area contributed by atoms with Crippen LogP contribution in [0.2, 0.25) is 0 Å². The largest absolute Gasteiger partial charge is 0.618 e. The summed E-state index contributed by atoms with van der Waals surface area (Å²) in [6.07, 6.45) is 2.59. The van der Waals surface area contributed by atoms with E-state index in [1.165, 1.54) is 51.6 Å². The van der Waals surface area contributed by atoms with Gasteiger partial charge in [0.25, 0.3) is 5.69 Å². The van der Waals surface area contributed by atoms with E-state index in [2.05, 4.69) is 4.98 Å². The normalized spacial score (nSPS) is 22.4. The van der Waals surface area contributed by atoms with E-state index in [0.717, 1.165) is 4.31 Å². The Morgan fingerprint density at radius 2 is 1.93 bits per heavy atom. The van der Waals surface area contributed by atoms with Crippen LogP contribution in [0, 0.1) is 11.0 Å². The molecule has 7 nitrogen and oxygen atoms in total. The van der Waals surface area contributed by atoms with Crippen molar-refractivity contribution in [3.8, 4) is 0 Å². The van der Waals surface area contributed by atoms with Gasteiger partial charge in [-0.25, -0.2) is 17.1 Å². The minimum absolute atomic E-state index is 0.138. The molecule has 2 aromatic heterocycles. The molecule has 9 heteroatoms. The Morgan fingerprint density at radius 1 is 1.21 bits per heavy atom. The number of nitrogens with zero attached hydrogens (tertiary/aromatic N) is 3. The van der Waals surface area contributed by atoms with Crippen LogP contribution < -0.4 is 9.04 Å². The molecule has 1 aliphatic heterocycles. The lowest BCUT2D eigenvalue weighted by atomic mass is 9.86. The second kappa shape index (κ2) is 6.11. The number of sulfonamides is 1. The molecule has 1 unspecified atom stereocenters. The van der Waals surface area contributed by atoms with Crippen molar-refractivity contribution in [1.29, 1.82) is 0 Å². The molecule has 0 N–H and O–H groups in total. The molecule has 1 aromatic carbocycles. The average Bonchev–Trinajstić information content (AvgIpc) is 2.66. The second-order valence-corrected chi connectivity index (χ2v) is 9.93. The van der Waals surface area contributed by atoms with Gasteiger partial charge in [0.1, 0.15) is 21.8 Å². The summed E-state index contributed by atoms with van der Waals surface area (Å²) in [5, 5.41) is 13.2. The standard InChI is InChI=1S/C20H20FN3O4S/c1-19(2)20(3,28-4)18-16(9-6-10-23(18)25)24(29(19,26)27)14-11-13-7-5-8-15(21)17(13)22-12-14/h5-12H,1-4H3. The number of aromatic nitrogens is 2. The van der Waals surface area contributed by atoms with Crippen LogP contribution in [-0.2, 0) is 20.4 Å². The van der Waals surface area contributed by atoms with Crippen molar-refractivity contribution in [2.75, 3.05) is 11.4 Å². The Morgan fingerprint density at radius 3 is 2.62 bits per heavy atom. The molecule has 0 aliphatic carbocycles. The van der Waals surface area contributed by atoms with E-state index in [-0.39, 0.29) is 22.6 Å². The lowest BCUT2D eigenvalue weighted by Gasteiger charge is -2.48. The molecular weight excluding hydrogens is 397 g/mol. The maximum Gasteiger partial charge on any atom is 0.251 e. The van der Waals surface area contributed by atoms with Crippen LogP contribution in [-0.4, -0.2) is 25.3 Å². The van der Waals surface area contributed by atoms with Gasteiger partial charge in [-0.05, 0) is 39.0 Å². The first-order valence-electron chi connectivity index (χ1n) is 8.93. The number of methoxy groups -OCH3 is 1. The van der Waals surface area contributed by atoms with Gasteiger partial charge >= 0.3 is 0 Å². The van der Waals surface area contributed by atoms with Gasteiger partial charge in [0, 0.05) is 18.6 Å². The van der Waals surface area contributed by atoms with Crippen LogP contribution in [0.25, 0.3) is 10.9 Å². The molecule has 152 valence electrons. The first-order valence-corrected chi connectivity index (χ1v) is 10.4. The molecule has 0 fully saturated rings. The summed E-state index contributed by atoms with van der Waals surface area (Å²) in [5.74, 6) is -0.499. The van der Waals surface area contributed by atoms with Gasteiger partial charge in [-0.3, -0.25) is 4.98 Å². The summed E-state index contributed by atoms with van der Waals surface area (Å²) in [4.78, 5) is 4.12. The number of pyridine rings is 2. The molecule has 3 heterocycles. The maximum absolute atomic E-state index is 14.0. The smallest absolute Gasteiger partial charge is 0.251 e. The third-order valence-electron chi connectivity index (χ3n) is 5.93. The number of halogens is 1. The highest BCUT2D eigenvalue weighted by Crippen LogP contribution is 2.52. The molecular formula is C20H20FN3O4S. The molecule has 3 aromatic rings. The van der Waals surface area contributed by atoms with E-state index >= 15 is 0 Å². The number of para-hydroxylation sites is 1. The van der Waals surface area contributed by atoms with Gasteiger partial charge in [0.05, 0.1) is 11.9 Å². The van der Waals surface area contributed by atoms with Crippen molar-refractivity contribution in [2.24, 2.45) is 0 Å². The molecule has 1 aliphatic rings. The number of hydrogen-bond donors (Lipinski definition) is 0. The summed E-state index contributed by atoms with van der Waals surface area (Å²) in [7, 11) is -2.68. The number of rotatable bonds is 2. The van der Waals surface area contributed by atoms with Gasteiger partial charge in [0.15, 0.2) is 11.8 Å². The zero-order valence-corrected chi connectivity index (χ0v) is 17.2. The Hall–Kier alpha value is -2.78. The topological polar surface area (TPSA) is 86.4 Å². The van der Waals surface area contributed by atoms with Gasteiger partial charge in [-0.15, -0.1) is 0 Å². The van der Waals surface area contributed by atoms with Crippen LogP contribution in [0.3, 0.4) is 0 Å². The number of hydrogen-bond acceptors (Lipinski definition) is 5. The Kier molecular flexibility index (Phi) is 4.11. The van der Waals surface area contributed by atoms with E-state index in [0.29, 0.717) is 10.1 Å². The first kappa shape index (κ1) is 19.5. The number of fused-ring (bicyclic) bond motifs is 2. The van der Waals surface area contributed by atoms with Gasteiger partial charge in [0.2, 0.25) is 10.0 Å². The van der Waals surface area contributed by atoms with Gasteiger partial charge in [-0.2, -0.15) is 4.73 Å². The van der Waals surface area contributed by atoms with Crippen molar-refractivity contribution >= 4 is 32.3 Å². The van der Waals surface area contributed by atoms with Crippen molar-refractivity contribution in [2.45, 2.75) is 31.1 Å².